The first-order chi connectivity index (χ1) is 8.94. The molecule has 4 heteroatoms. The number of aryl methyl sites for hydroxylation is 1. The Morgan fingerprint density at radius 3 is 2.68 bits per heavy atom. The molecule has 1 atom stereocenters. The molecule has 0 aliphatic heterocycles. The van der Waals surface area contributed by atoms with Crippen LogP contribution in [0.2, 0.25) is 0 Å². The van der Waals surface area contributed by atoms with Crippen molar-refractivity contribution in [2.24, 2.45) is 0 Å². The zero-order valence-corrected chi connectivity index (χ0v) is 12.0. The van der Waals surface area contributed by atoms with Crippen LogP contribution in [0, 0.1) is 6.92 Å². The number of nitrogens with one attached hydrogen (secondary N) is 2. The Balaban J connectivity index is 2.35. The van der Waals surface area contributed by atoms with Gasteiger partial charge in [-0.15, -0.1) is 0 Å². The number of carbonyl (C=O) groups excluding carboxylic acids is 1. The van der Waals surface area contributed by atoms with Gasteiger partial charge in [0, 0.05) is 12.2 Å². The van der Waals surface area contributed by atoms with Gasteiger partial charge in [-0.2, -0.15) is 0 Å². The highest BCUT2D eigenvalue weighted by molar-refractivity contribution is 5.92. The van der Waals surface area contributed by atoms with E-state index in [-0.39, 0.29) is 12.5 Å². The lowest BCUT2D eigenvalue weighted by Gasteiger charge is -2.22. The first-order valence-electron chi connectivity index (χ1n) is 6.73. The summed E-state index contributed by atoms with van der Waals surface area (Å²) in [5.74, 6) is -0.0957. The first kappa shape index (κ1) is 15.7. The molecule has 1 amide bonds. The van der Waals surface area contributed by atoms with Crippen molar-refractivity contribution in [3.8, 4) is 0 Å². The van der Waals surface area contributed by atoms with Gasteiger partial charge in [0.15, 0.2) is 0 Å². The summed E-state index contributed by atoms with van der Waals surface area (Å²) in [5.41, 5.74) is 1.11. The quantitative estimate of drug-likeness (QED) is 0.706. The van der Waals surface area contributed by atoms with Crippen LogP contribution in [-0.2, 0) is 4.79 Å². The highest BCUT2D eigenvalue weighted by Gasteiger charge is 2.18. The molecule has 0 saturated heterocycles. The summed E-state index contributed by atoms with van der Waals surface area (Å²) in [5, 5.41) is 15.8. The monoisotopic (exact) mass is 264 g/mol. The van der Waals surface area contributed by atoms with Crippen LogP contribution in [0.1, 0.15) is 32.3 Å². The Bertz CT molecular complexity index is 416. The lowest BCUT2D eigenvalue weighted by Crippen LogP contribution is -2.40. The van der Waals surface area contributed by atoms with Gasteiger partial charge in [-0.1, -0.05) is 31.5 Å². The molecule has 0 radical (unpaired) electrons. The third-order valence-electron chi connectivity index (χ3n) is 3.00. The van der Waals surface area contributed by atoms with Gasteiger partial charge in [0.2, 0.25) is 5.91 Å². The van der Waals surface area contributed by atoms with Gasteiger partial charge >= 0.3 is 0 Å². The van der Waals surface area contributed by atoms with E-state index >= 15 is 0 Å². The highest BCUT2D eigenvalue weighted by Crippen LogP contribution is 2.13. The molecule has 1 rings (SSSR count). The number of para-hydroxylation sites is 1. The molecule has 0 saturated carbocycles. The van der Waals surface area contributed by atoms with Gasteiger partial charge in [-0.05, 0) is 31.9 Å². The Hall–Kier alpha value is -1.39. The van der Waals surface area contributed by atoms with Crippen LogP contribution < -0.4 is 10.6 Å². The third-order valence-corrected chi connectivity index (χ3v) is 3.00. The number of hydrogen-bond acceptors (Lipinski definition) is 3. The fraction of sp³-hybridized carbons (Fsp3) is 0.533. The highest BCUT2D eigenvalue weighted by atomic mass is 16.3. The van der Waals surface area contributed by atoms with Crippen molar-refractivity contribution in [2.75, 3.05) is 18.4 Å². The van der Waals surface area contributed by atoms with Gasteiger partial charge in [0.1, 0.15) is 0 Å². The summed E-state index contributed by atoms with van der Waals surface area (Å²) in [4.78, 5) is 11.8. The summed E-state index contributed by atoms with van der Waals surface area (Å²) in [6.07, 6.45) is 1.64. The van der Waals surface area contributed by atoms with Crippen LogP contribution in [0.25, 0.3) is 0 Å². The lowest BCUT2D eigenvalue weighted by molar-refractivity contribution is -0.115. The van der Waals surface area contributed by atoms with Gasteiger partial charge < -0.3 is 15.7 Å². The minimum atomic E-state index is -0.752. The summed E-state index contributed by atoms with van der Waals surface area (Å²) < 4.78 is 0. The molecule has 0 aliphatic rings. The fourth-order valence-corrected chi connectivity index (χ4v) is 1.98. The second-order valence-electron chi connectivity index (χ2n) is 5.21. The van der Waals surface area contributed by atoms with Gasteiger partial charge in [0.25, 0.3) is 0 Å². The van der Waals surface area contributed by atoms with Gasteiger partial charge in [-0.3, -0.25) is 4.79 Å². The minimum absolute atomic E-state index is 0.0957. The largest absolute Gasteiger partial charge is 0.389 e. The van der Waals surface area contributed by atoms with Crippen LogP contribution in [0.15, 0.2) is 24.3 Å². The molecular formula is C15H24N2O2. The van der Waals surface area contributed by atoms with Crippen LogP contribution in [-0.4, -0.2) is 29.7 Å². The van der Waals surface area contributed by atoms with E-state index in [1.54, 1.807) is 6.92 Å². The van der Waals surface area contributed by atoms with Crippen molar-refractivity contribution < 1.29 is 9.90 Å². The SMILES string of the molecule is CCCC(C)(O)CNCC(=O)Nc1ccccc1C. The molecule has 0 heterocycles. The van der Waals surface area contributed by atoms with Crippen LogP contribution in [0.4, 0.5) is 5.69 Å². The maximum Gasteiger partial charge on any atom is 0.238 e. The Labute approximate surface area is 115 Å². The van der Waals surface area contributed by atoms with E-state index in [2.05, 4.69) is 10.6 Å². The number of benzene rings is 1. The molecule has 106 valence electrons. The maximum absolute atomic E-state index is 11.8. The normalized spacial score (nSPS) is 13.9. The van der Waals surface area contributed by atoms with E-state index in [1.165, 1.54) is 0 Å². The zero-order chi connectivity index (χ0) is 14.3. The van der Waals surface area contributed by atoms with Crippen molar-refractivity contribution in [3.63, 3.8) is 0 Å². The molecule has 0 aromatic heterocycles. The number of anilines is 1. The van der Waals surface area contributed by atoms with Gasteiger partial charge in [0.05, 0.1) is 12.1 Å². The molecular weight excluding hydrogens is 240 g/mol. The Kier molecular flexibility index (Phi) is 5.99. The molecule has 1 aromatic rings. The number of hydrogen-bond donors (Lipinski definition) is 3. The van der Waals surface area contributed by atoms with E-state index in [0.29, 0.717) is 6.54 Å². The average molecular weight is 264 g/mol. The number of carbonyl (C=O) groups is 1. The van der Waals surface area contributed by atoms with Crippen molar-refractivity contribution in [3.05, 3.63) is 29.8 Å². The Morgan fingerprint density at radius 1 is 1.37 bits per heavy atom. The van der Waals surface area contributed by atoms with E-state index in [9.17, 15) is 9.90 Å². The first-order valence-corrected chi connectivity index (χ1v) is 6.73. The summed E-state index contributed by atoms with van der Waals surface area (Å²) in [7, 11) is 0. The summed E-state index contributed by atoms with van der Waals surface area (Å²) >= 11 is 0. The van der Waals surface area contributed by atoms with Crippen LogP contribution >= 0.6 is 0 Å². The molecule has 19 heavy (non-hydrogen) atoms. The molecule has 0 bridgehead atoms. The number of amides is 1. The third kappa shape index (κ3) is 5.85. The van der Waals surface area contributed by atoms with Crippen molar-refractivity contribution in [2.45, 2.75) is 39.2 Å². The fourth-order valence-electron chi connectivity index (χ4n) is 1.98. The molecule has 4 nitrogen and oxygen atoms in total. The molecule has 0 spiro atoms. The summed E-state index contributed by atoms with van der Waals surface area (Å²) in [6.45, 7) is 6.38. The minimum Gasteiger partial charge on any atom is -0.389 e. The van der Waals surface area contributed by atoms with E-state index < -0.39 is 5.60 Å². The Morgan fingerprint density at radius 2 is 2.05 bits per heavy atom. The van der Waals surface area contributed by atoms with Crippen LogP contribution in [0.3, 0.4) is 0 Å². The van der Waals surface area contributed by atoms with Crippen molar-refractivity contribution in [1.29, 1.82) is 0 Å². The van der Waals surface area contributed by atoms with Gasteiger partial charge in [-0.25, -0.2) is 0 Å². The molecule has 1 aromatic carbocycles. The van der Waals surface area contributed by atoms with E-state index in [1.807, 2.05) is 38.1 Å². The molecule has 1 unspecified atom stereocenters. The van der Waals surface area contributed by atoms with Crippen LogP contribution in [0.5, 0.6) is 0 Å². The van der Waals surface area contributed by atoms with E-state index in [4.69, 9.17) is 0 Å². The summed E-state index contributed by atoms with van der Waals surface area (Å²) in [6, 6.07) is 7.66. The number of aliphatic hydroxyl groups is 1. The van der Waals surface area contributed by atoms with Crippen molar-refractivity contribution in [1.82, 2.24) is 5.32 Å². The molecule has 0 fully saturated rings. The average Bonchev–Trinajstić information content (AvgIpc) is 2.31. The topological polar surface area (TPSA) is 61.4 Å². The maximum atomic E-state index is 11.8. The predicted molar refractivity (Wildman–Crippen MR) is 78.2 cm³/mol. The van der Waals surface area contributed by atoms with Crippen molar-refractivity contribution >= 4 is 11.6 Å². The molecule has 0 aliphatic carbocycles. The smallest absolute Gasteiger partial charge is 0.238 e. The number of rotatable bonds is 7. The predicted octanol–water partition coefficient (Wildman–Crippen LogP) is 2.07. The zero-order valence-electron chi connectivity index (χ0n) is 12.0. The standard InChI is InChI=1S/C15H24N2O2/c1-4-9-15(3,19)11-16-10-14(18)17-13-8-6-5-7-12(13)2/h5-8,16,19H,4,9-11H2,1-3H3,(H,17,18). The second-order valence-corrected chi connectivity index (χ2v) is 5.21. The lowest BCUT2D eigenvalue weighted by atomic mass is 10.0. The molecule has 3 N–H and O–H groups in total. The second kappa shape index (κ2) is 7.26. The van der Waals surface area contributed by atoms with E-state index in [0.717, 1.165) is 24.1 Å².